The average molecular weight is 321 g/mol. The SMILES string of the molecule is Cc1cccc(OCCCCC(=O)N2CCOC[C@@H]2C(=O)O)c1. The van der Waals surface area contributed by atoms with Gasteiger partial charge in [-0.3, -0.25) is 4.79 Å². The summed E-state index contributed by atoms with van der Waals surface area (Å²) in [6, 6.07) is 6.96. The zero-order valence-corrected chi connectivity index (χ0v) is 13.4. The van der Waals surface area contributed by atoms with E-state index in [0.29, 0.717) is 32.6 Å². The number of carbonyl (C=O) groups excluding carboxylic acids is 1. The quantitative estimate of drug-likeness (QED) is 0.776. The van der Waals surface area contributed by atoms with Crippen LogP contribution in [0.15, 0.2) is 24.3 Å². The van der Waals surface area contributed by atoms with E-state index in [1.165, 1.54) is 4.90 Å². The summed E-state index contributed by atoms with van der Waals surface area (Å²) in [5.41, 5.74) is 1.14. The summed E-state index contributed by atoms with van der Waals surface area (Å²) in [6.45, 7) is 3.36. The van der Waals surface area contributed by atoms with E-state index < -0.39 is 12.0 Å². The zero-order valence-electron chi connectivity index (χ0n) is 13.4. The van der Waals surface area contributed by atoms with Gasteiger partial charge in [0.05, 0.1) is 19.8 Å². The fourth-order valence-electron chi connectivity index (χ4n) is 2.52. The van der Waals surface area contributed by atoms with Crippen LogP contribution in [0.25, 0.3) is 0 Å². The van der Waals surface area contributed by atoms with Crippen LogP contribution in [0.3, 0.4) is 0 Å². The third kappa shape index (κ3) is 5.25. The van der Waals surface area contributed by atoms with E-state index in [0.717, 1.165) is 17.7 Å². The van der Waals surface area contributed by atoms with Crippen molar-refractivity contribution in [2.75, 3.05) is 26.4 Å². The highest BCUT2D eigenvalue weighted by Crippen LogP contribution is 2.14. The van der Waals surface area contributed by atoms with Crippen LogP contribution in [0.2, 0.25) is 0 Å². The van der Waals surface area contributed by atoms with Crippen molar-refractivity contribution >= 4 is 11.9 Å². The van der Waals surface area contributed by atoms with Gasteiger partial charge in [-0.15, -0.1) is 0 Å². The lowest BCUT2D eigenvalue weighted by Crippen LogP contribution is -2.52. The summed E-state index contributed by atoms with van der Waals surface area (Å²) >= 11 is 0. The van der Waals surface area contributed by atoms with Gasteiger partial charge in [0, 0.05) is 13.0 Å². The lowest BCUT2D eigenvalue weighted by molar-refractivity contribution is -0.158. The Morgan fingerprint density at radius 3 is 2.96 bits per heavy atom. The van der Waals surface area contributed by atoms with Gasteiger partial charge in [-0.2, -0.15) is 0 Å². The predicted octanol–water partition coefficient (Wildman–Crippen LogP) is 1.86. The van der Waals surface area contributed by atoms with E-state index in [2.05, 4.69) is 0 Å². The average Bonchev–Trinajstić information content (AvgIpc) is 2.54. The Morgan fingerprint density at radius 2 is 2.22 bits per heavy atom. The highest BCUT2D eigenvalue weighted by atomic mass is 16.5. The third-order valence-electron chi connectivity index (χ3n) is 3.78. The standard InChI is InChI=1S/C17H23NO5/c1-13-5-4-6-14(11-13)23-9-3-2-7-16(19)18-8-10-22-12-15(18)17(20)21/h4-6,11,15H,2-3,7-10,12H2,1H3,(H,20,21)/t15-/m1/s1. The molecule has 6 heteroatoms. The molecule has 0 spiro atoms. The lowest BCUT2D eigenvalue weighted by atomic mass is 10.1. The van der Waals surface area contributed by atoms with E-state index in [4.69, 9.17) is 14.6 Å². The first-order chi connectivity index (χ1) is 11.1. The lowest BCUT2D eigenvalue weighted by Gasteiger charge is -2.32. The number of hydrogen-bond donors (Lipinski definition) is 1. The fourth-order valence-corrected chi connectivity index (χ4v) is 2.52. The predicted molar refractivity (Wildman–Crippen MR) is 84.5 cm³/mol. The molecular formula is C17H23NO5. The van der Waals surface area contributed by atoms with Crippen LogP contribution in [-0.4, -0.2) is 54.3 Å². The highest BCUT2D eigenvalue weighted by molar-refractivity contribution is 5.83. The Morgan fingerprint density at radius 1 is 1.39 bits per heavy atom. The summed E-state index contributed by atoms with van der Waals surface area (Å²) in [6.07, 6.45) is 1.76. The number of morpholine rings is 1. The second kappa shape index (κ2) is 8.53. The number of rotatable bonds is 7. The highest BCUT2D eigenvalue weighted by Gasteiger charge is 2.32. The molecular weight excluding hydrogens is 298 g/mol. The van der Waals surface area contributed by atoms with Crippen LogP contribution in [-0.2, 0) is 14.3 Å². The molecule has 0 aromatic heterocycles. The van der Waals surface area contributed by atoms with Gasteiger partial charge in [0.2, 0.25) is 5.91 Å². The second-order valence-corrected chi connectivity index (χ2v) is 5.64. The smallest absolute Gasteiger partial charge is 0.328 e. The van der Waals surface area contributed by atoms with Crippen LogP contribution >= 0.6 is 0 Å². The molecule has 1 atom stereocenters. The summed E-state index contributed by atoms with van der Waals surface area (Å²) in [5.74, 6) is -0.312. The number of aliphatic carboxylic acids is 1. The van der Waals surface area contributed by atoms with Crippen molar-refractivity contribution in [1.29, 1.82) is 0 Å². The van der Waals surface area contributed by atoms with Crippen LogP contribution in [0.5, 0.6) is 5.75 Å². The molecule has 1 aromatic rings. The molecule has 1 heterocycles. The van der Waals surface area contributed by atoms with Crippen LogP contribution in [0.4, 0.5) is 0 Å². The molecule has 1 aliphatic rings. The number of benzene rings is 1. The van der Waals surface area contributed by atoms with Gasteiger partial charge < -0.3 is 19.5 Å². The molecule has 6 nitrogen and oxygen atoms in total. The van der Waals surface area contributed by atoms with Gasteiger partial charge in [0.1, 0.15) is 5.75 Å². The van der Waals surface area contributed by atoms with Crippen molar-refractivity contribution in [2.45, 2.75) is 32.2 Å². The largest absolute Gasteiger partial charge is 0.494 e. The maximum Gasteiger partial charge on any atom is 0.328 e. The van der Waals surface area contributed by atoms with Gasteiger partial charge >= 0.3 is 5.97 Å². The van der Waals surface area contributed by atoms with Gasteiger partial charge in [0.15, 0.2) is 6.04 Å². The van der Waals surface area contributed by atoms with E-state index in [1.54, 1.807) is 0 Å². The zero-order chi connectivity index (χ0) is 16.7. The number of hydrogen-bond acceptors (Lipinski definition) is 4. The maximum atomic E-state index is 12.2. The summed E-state index contributed by atoms with van der Waals surface area (Å²) in [7, 11) is 0. The minimum atomic E-state index is -1.01. The number of carboxylic acid groups (broad SMARTS) is 1. The number of aryl methyl sites for hydroxylation is 1. The number of unbranched alkanes of at least 4 members (excludes halogenated alkanes) is 1. The molecule has 1 fully saturated rings. The first-order valence-corrected chi connectivity index (χ1v) is 7.87. The van der Waals surface area contributed by atoms with Gasteiger partial charge in [0.25, 0.3) is 0 Å². The van der Waals surface area contributed by atoms with Gasteiger partial charge in [-0.05, 0) is 37.5 Å². The van der Waals surface area contributed by atoms with Crippen LogP contribution in [0.1, 0.15) is 24.8 Å². The molecule has 0 unspecified atom stereocenters. The molecule has 1 aliphatic heterocycles. The molecule has 0 radical (unpaired) electrons. The van der Waals surface area contributed by atoms with E-state index in [1.807, 2.05) is 31.2 Å². The first-order valence-electron chi connectivity index (χ1n) is 7.87. The van der Waals surface area contributed by atoms with E-state index >= 15 is 0 Å². The molecule has 0 bridgehead atoms. The first kappa shape index (κ1) is 17.3. The Bertz CT molecular complexity index is 546. The van der Waals surface area contributed by atoms with Crippen molar-refractivity contribution in [1.82, 2.24) is 4.90 Å². The van der Waals surface area contributed by atoms with E-state index in [-0.39, 0.29) is 12.5 Å². The van der Waals surface area contributed by atoms with Gasteiger partial charge in [-0.1, -0.05) is 12.1 Å². The van der Waals surface area contributed by atoms with E-state index in [9.17, 15) is 9.59 Å². The Balaban J connectivity index is 1.69. The normalized spacial score (nSPS) is 17.8. The summed E-state index contributed by atoms with van der Waals surface area (Å²) < 4.78 is 10.8. The number of amides is 1. The van der Waals surface area contributed by atoms with Crippen LogP contribution < -0.4 is 4.74 Å². The number of carbonyl (C=O) groups is 2. The summed E-state index contributed by atoms with van der Waals surface area (Å²) in [5, 5.41) is 9.12. The Labute approximate surface area is 136 Å². The Kier molecular flexibility index (Phi) is 6.40. The number of nitrogens with zero attached hydrogens (tertiary/aromatic N) is 1. The van der Waals surface area contributed by atoms with Crippen molar-refractivity contribution < 1.29 is 24.2 Å². The van der Waals surface area contributed by atoms with Gasteiger partial charge in [-0.25, -0.2) is 4.79 Å². The van der Waals surface area contributed by atoms with Crippen molar-refractivity contribution in [2.24, 2.45) is 0 Å². The molecule has 23 heavy (non-hydrogen) atoms. The van der Waals surface area contributed by atoms with Crippen molar-refractivity contribution in [3.8, 4) is 5.75 Å². The molecule has 0 aliphatic carbocycles. The Hall–Kier alpha value is -2.08. The maximum absolute atomic E-state index is 12.2. The molecule has 1 saturated heterocycles. The monoisotopic (exact) mass is 321 g/mol. The topological polar surface area (TPSA) is 76.1 Å². The molecule has 1 aromatic carbocycles. The molecule has 1 amide bonds. The van der Waals surface area contributed by atoms with Crippen molar-refractivity contribution in [3.05, 3.63) is 29.8 Å². The fraction of sp³-hybridized carbons (Fsp3) is 0.529. The molecule has 126 valence electrons. The summed E-state index contributed by atoms with van der Waals surface area (Å²) in [4.78, 5) is 24.7. The number of ether oxygens (including phenoxy) is 2. The molecule has 2 rings (SSSR count). The molecule has 1 N–H and O–H groups in total. The third-order valence-corrected chi connectivity index (χ3v) is 3.78. The minimum Gasteiger partial charge on any atom is -0.494 e. The van der Waals surface area contributed by atoms with Crippen LogP contribution in [0, 0.1) is 6.92 Å². The van der Waals surface area contributed by atoms with Crippen molar-refractivity contribution in [3.63, 3.8) is 0 Å². The minimum absolute atomic E-state index is 0.0670. The number of carboxylic acids is 1. The second-order valence-electron chi connectivity index (χ2n) is 5.64. The molecule has 0 saturated carbocycles.